The molecule has 0 bridgehead atoms. The van der Waals surface area contributed by atoms with Gasteiger partial charge in [-0.05, 0) is 43.8 Å². The van der Waals surface area contributed by atoms with Crippen LogP contribution < -0.4 is 0 Å². The van der Waals surface area contributed by atoms with Crippen LogP contribution in [0, 0.1) is 0 Å². The predicted octanol–water partition coefficient (Wildman–Crippen LogP) is 14.7. The molecule has 2 heterocycles. The standard InChI is InChI=1S/C54H32N2/c1-5-13-41-35(9-1)25-29-45-49(46-30-26-36-10-2-6-14-42(36)52(46)55-51(41)45)39-21-17-33(18-22-39)34-19-23-40(24-20-34)50-47-31-27-37-11-3-7-15-43(37)53(47)56-54-44-16-8-4-12-38(44)28-32-48(50)54/h1-32H. The minimum absolute atomic E-state index is 1.04. The Balaban J connectivity index is 1.01. The average Bonchev–Trinajstić information content (AvgIpc) is 3.27. The van der Waals surface area contributed by atoms with Crippen LogP contribution in [0.3, 0.4) is 0 Å². The topological polar surface area (TPSA) is 25.8 Å². The number of benzene rings is 10. The first-order chi connectivity index (χ1) is 27.8. The number of pyridine rings is 2. The van der Waals surface area contributed by atoms with Crippen molar-refractivity contribution >= 4 is 86.7 Å². The van der Waals surface area contributed by atoms with Crippen LogP contribution in [0.5, 0.6) is 0 Å². The van der Waals surface area contributed by atoms with Gasteiger partial charge in [0.15, 0.2) is 0 Å². The highest BCUT2D eigenvalue weighted by molar-refractivity contribution is 6.22. The molecule has 0 aliphatic heterocycles. The van der Waals surface area contributed by atoms with Gasteiger partial charge in [-0.1, -0.05) is 194 Å². The average molecular weight is 709 g/mol. The molecule has 258 valence electrons. The Bertz CT molecular complexity index is 3140. The minimum atomic E-state index is 1.04. The van der Waals surface area contributed by atoms with Crippen LogP contribution in [-0.2, 0) is 0 Å². The van der Waals surface area contributed by atoms with E-state index in [-0.39, 0.29) is 0 Å². The Morgan fingerprint density at radius 1 is 0.196 bits per heavy atom. The molecule has 12 aromatic rings. The SMILES string of the molecule is c1ccc2c(c1)ccc1c(-c3ccc(-c4ccc(-c5c6ccc7ccccc7c6nc6c5ccc5ccccc56)cc4)cc3)c3ccc4ccccc4c3nc12. The smallest absolute Gasteiger partial charge is 0.0794 e. The van der Waals surface area contributed by atoms with Gasteiger partial charge >= 0.3 is 0 Å². The molecule has 12 rings (SSSR count). The summed E-state index contributed by atoms with van der Waals surface area (Å²) >= 11 is 0. The number of nitrogens with zero attached hydrogens (tertiary/aromatic N) is 2. The van der Waals surface area contributed by atoms with Gasteiger partial charge in [0.05, 0.1) is 22.1 Å². The van der Waals surface area contributed by atoms with Crippen LogP contribution in [0.2, 0.25) is 0 Å². The van der Waals surface area contributed by atoms with E-state index in [0.29, 0.717) is 0 Å². The lowest BCUT2D eigenvalue weighted by atomic mass is 9.90. The molecule has 0 saturated heterocycles. The maximum absolute atomic E-state index is 5.38. The highest BCUT2D eigenvalue weighted by Crippen LogP contribution is 2.42. The van der Waals surface area contributed by atoms with Gasteiger partial charge in [0.2, 0.25) is 0 Å². The molecular weight excluding hydrogens is 677 g/mol. The molecule has 0 aliphatic rings. The van der Waals surface area contributed by atoms with Gasteiger partial charge in [0.25, 0.3) is 0 Å². The van der Waals surface area contributed by atoms with Crippen LogP contribution >= 0.6 is 0 Å². The Labute approximate surface area is 322 Å². The normalized spacial score (nSPS) is 11.9. The van der Waals surface area contributed by atoms with Crippen molar-refractivity contribution in [2.75, 3.05) is 0 Å². The van der Waals surface area contributed by atoms with E-state index in [9.17, 15) is 0 Å². The third kappa shape index (κ3) is 4.63. The summed E-state index contributed by atoms with van der Waals surface area (Å²) in [5, 5.41) is 14.2. The molecule has 0 fully saturated rings. The zero-order valence-corrected chi connectivity index (χ0v) is 30.4. The largest absolute Gasteiger partial charge is 0.246 e. The first-order valence-electron chi connectivity index (χ1n) is 19.2. The van der Waals surface area contributed by atoms with Crippen molar-refractivity contribution in [3.63, 3.8) is 0 Å². The zero-order valence-electron chi connectivity index (χ0n) is 30.4. The Morgan fingerprint density at radius 3 is 0.732 bits per heavy atom. The van der Waals surface area contributed by atoms with E-state index in [1.807, 2.05) is 0 Å². The fourth-order valence-electron chi connectivity index (χ4n) is 9.10. The lowest BCUT2D eigenvalue weighted by Crippen LogP contribution is -1.92. The Kier molecular flexibility index (Phi) is 6.66. The van der Waals surface area contributed by atoms with Crippen molar-refractivity contribution in [3.05, 3.63) is 194 Å². The molecule has 2 aromatic heterocycles. The monoisotopic (exact) mass is 708 g/mol. The van der Waals surface area contributed by atoms with E-state index in [4.69, 9.17) is 9.97 Å². The van der Waals surface area contributed by atoms with Gasteiger partial charge in [-0.25, -0.2) is 9.97 Å². The molecule has 0 unspecified atom stereocenters. The lowest BCUT2D eigenvalue weighted by molar-refractivity contribution is 1.52. The molecule has 0 atom stereocenters. The van der Waals surface area contributed by atoms with Crippen molar-refractivity contribution in [1.29, 1.82) is 0 Å². The highest BCUT2D eigenvalue weighted by atomic mass is 14.7. The second-order valence-corrected chi connectivity index (χ2v) is 14.9. The van der Waals surface area contributed by atoms with Gasteiger partial charge in [-0.3, -0.25) is 0 Å². The molecule has 2 nitrogen and oxygen atoms in total. The molecular formula is C54H32N2. The molecule has 0 aliphatic carbocycles. The summed E-state index contributed by atoms with van der Waals surface area (Å²) in [4.78, 5) is 10.8. The summed E-state index contributed by atoms with van der Waals surface area (Å²) in [6.07, 6.45) is 0. The molecule has 0 N–H and O–H groups in total. The van der Waals surface area contributed by atoms with E-state index in [1.165, 1.54) is 98.0 Å². The summed E-state index contributed by atoms with van der Waals surface area (Å²) in [5.74, 6) is 0. The van der Waals surface area contributed by atoms with Gasteiger partial charge < -0.3 is 0 Å². The van der Waals surface area contributed by atoms with Gasteiger partial charge in [0, 0.05) is 54.2 Å². The summed E-state index contributed by atoms with van der Waals surface area (Å²) in [6.45, 7) is 0. The Hall–Kier alpha value is -7.42. The molecule has 0 amide bonds. The number of hydrogen-bond donors (Lipinski definition) is 0. The first-order valence-corrected chi connectivity index (χ1v) is 19.2. The third-order valence-electron chi connectivity index (χ3n) is 11.8. The van der Waals surface area contributed by atoms with Crippen LogP contribution in [0.25, 0.3) is 120 Å². The number of fused-ring (bicyclic) bond motifs is 12. The number of rotatable bonds is 3. The van der Waals surface area contributed by atoms with E-state index in [1.54, 1.807) is 0 Å². The van der Waals surface area contributed by atoms with Crippen LogP contribution in [0.1, 0.15) is 0 Å². The van der Waals surface area contributed by atoms with Crippen LogP contribution in [-0.4, -0.2) is 9.97 Å². The molecule has 0 saturated carbocycles. The Morgan fingerprint density at radius 2 is 0.446 bits per heavy atom. The first kappa shape index (κ1) is 31.0. The van der Waals surface area contributed by atoms with Crippen molar-refractivity contribution in [2.24, 2.45) is 0 Å². The quantitative estimate of drug-likeness (QED) is 0.135. The maximum atomic E-state index is 5.38. The number of hydrogen-bond acceptors (Lipinski definition) is 2. The summed E-state index contributed by atoms with van der Waals surface area (Å²) in [6, 6.07) is 70.4. The third-order valence-corrected chi connectivity index (χ3v) is 11.8. The van der Waals surface area contributed by atoms with Crippen molar-refractivity contribution in [1.82, 2.24) is 9.97 Å². The summed E-state index contributed by atoms with van der Waals surface area (Å²) in [5.41, 5.74) is 11.3. The van der Waals surface area contributed by atoms with Crippen LogP contribution in [0.4, 0.5) is 0 Å². The summed E-state index contributed by atoms with van der Waals surface area (Å²) < 4.78 is 0. The second kappa shape index (κ2) is 12.0. The van der Waals surface area contributed by atoms with E-state index in [0.717, 1.165) is 22.1 Å². The summed E-state index contributed by atoms with van der Waals surface area (Å²) in [7, 11) is 0. The predicted molar refractivity (Wildman–Crippen MR) is 238 cm³/mol. The second-order valence-electron chi connectivity index (χ2n) is 14.9. The fourth-order valence-corrected chi connectivity index (χ4v) is 9.10. The zero-order chi connectivity index (χ0) is 36.7. The van der Waals surface area contributed by atoms with E-state index in [2.05, 4.69) is 194 Å². The van der Waals surface area contributed by atoms with E-state index < -0.39 is 0 Å². The van der Waals surface area contributed by atoms with Crippen molar-refractivity contribution < 1.29 is 0 Å². The molecule has 56 heavy (non-hydrogen) atoms. The molecule has 2 heteroatoms. The highest BCUT2D eigenvalue weighted by Gasteiger charge is 2.18. The van der Waals surface area contributed by atoms with Gasteiger partial charge in [0.1, 0.15) is 0 Å². The minimum Gasteiger partial charge on any atom is -0.246 e. The van der Waals surface area contributed by atoms with Crippen molar-refractivity contribution in [3.8, 4) is 33.4 Å². The van der Waals surface area contributed by atoms with E-state index >= 15 is 0 Å². The fraction of sp³-hybridized carbons (Fsp3) is 0. The van der Waals surface area contributed by atoms with Crippen molar-refractivity contribution in [2.45, 2.75) is 0 Å². The molecule has 0 spiro atoms. The lowest BCUT2D eigenvalue weighted by Gasteiger charge is -2.16. The molecule has 10 aromatic carbocycles. The van der Waals surface area contributed by atoms with Gasteiger partial charge in [-0.2, -0.15) is 0 Å². The molecule has 0 radical (unpaired) electrons. The van der Waals surface area contributed by atoms with Crippen LogP contribution in [0.15, 0.2) is 194 Å². The van der Waals surface area contributed by atoms with Gasteiger partial charge in [-0.15, -0.1) is 0 Å². The maximum Gasteiger partial charge on any atom is 0.0794 e. The number of aromatic nitrogens is 2.